The van der Waals surface area contributed by atoms with Crippen LogP contribution in [0.5, 0.6) is 0 Å². The van der Waals surface area contributed by atoms with Crippen molar-refractivity contribution in [2.75, 3.05) is 19.8 Å². The van der Waals surface area contributed by atoms with Gasteiger partial charge in [0.1, 0.15) is 0 Å². The van der Waals surface area contributed by atoms with Crippen LogP contribution in [0.25, 0.3) is 0 Å². The quantitative estimate of drug-likeness (QED) is 0.271. The Morgan fingerprint density at radius 2 is 1.43 bits per heavy atom. The molecule has 0 aliphatic heterocycles. The second-order valence-corrected chi connectivity index (χ2v) is 5.87. The van der Waals surface area contributed by atoms with Gasteiger partial charge in [-0.2, -0.15) is 0 Å². The molecule has 10 heteroatoms. The van der Waals surface area contributed by atoms with Crippen LogP contribution in [-0.2, 0) is 24.5 Å². The van der Waals surface area contributed by atoms with Crippen molar-refractivity contribution in [3.05, 3.63) is 22.7 Å². The van der Waals surface area contributed by atoms with Crippen LogP contribution < -0.4 is 0 Å². The summed E-state index contributed by atoms with van der Waals surface area (Å²) in [4.78, 5) is 36.7. The van der Waals surface area contributed by atoms with Crippen LogP contribution in [0.3, 0.4) is 0 Å². The van der Waals surface area contributed by atoms with E-state index in [1.54, 1.807) is 11.4 Å². The Balaban J connectivity index is -0.000000110. The summed E-state index contributed by atoms with van der Waals surface area (Å²) in [6.45, 7) is 10.1. The average molecular weight is 393 g/mol. The molecule has 0 aromatic heterocycles. The average Bonchev–Trinajstić information content (AvgIpc) is 3.11. The first-order valence-corrected chi connectivity index (χ1v) is 8.77. The summed E-state index contributed by atoms with van der Waals surface area (Å²) < 4.78 is 1.59. The summed E-state index contributed by atoms with van der Waals surface area (Å²) in [6, 6.07) is 0. The minimum Gasteiger partial charge on any atom is -0.281 e. The van der Waals surface area contributed by atoms with E-state index in [1.165, 1.54) is 6.42 Å². The molecule has 0 aromatic carbocycles. The minimum atomic E-state index is -2.62. The fourth-order valence-electron chi connectivity index (χ4n) is 0.711. The maximum Gasteiger partial charge on any atom is 0.281 e. The van der Waals surface area contributed by atoms with Crippen molar-refractivity contribution in [1.29, 1.82) is 0 Å². The van der Waals surface area contributed by atoms with Gasteiger partial charge in [-0.05, 0) is 0 Å². The molecule has 1 aliphatic rings. The van der Waals surface area contributed by atoms with Crippen LogP contribution in [-0.4, -0.2) is 63.4 Å². The summed E-state index contributed by atoms with van der Waals surface area (Å²) in [6.07, 6.45) is 7.75. The van der Waals surface area contributed by atoms with Gasteiger partial charge in [0.2, 0.25) is 0 Å². The molecular formula is C13H23MnO8P. The van der Waals surface area contributed by atoms with Crippen LogP contribution in [0.15, 0.2) is 22.7 Å². The second-order valence-electron chi connectivity index (χ2n) is 3.99. The van der Waals surface area contributed by atoms with Gasteiger partial charge in [0.05, 0.1) is 19.8 Å². The molecule has 0 aromatic rings. The van der Waals surface area contributed by atoms with Gasteiger partial charge in [-0.15, -0.1) is 0 Å². The van der Waals surface area contributed by atoms with Crippen LogP contribution >= 0.6 is 8.60 Å². The Kier molecular flexibility index (Phi) is 31.5. The van der Waals surface area contributed by atoms with Crippen LogP contribution in [0.2, 0.25) is 5.82 Å². The summed E-state index contributed by atoms with van der Waals surface area (Å²) in [7, 11) is -2.62. The van der Waals surface area contributed by atoms with Crippen molar-refractivity contribution in [2.45, 2.75) is 19.2 Å². The van der Waals surface area contributed by atoms with Crippen LogP contribution in [0.1, 0.15) is 13.3 Å². The Labute approximate surface area is 144 Å². The summed E-state index contributed by atoms with van der Waals surface area (Å²) in [5.74, 6) is 2.22. The predicted octanol–water partition coefficient (Wildman–Crippen LogP) is -0.674. The zero-order valence-electron chi connectivity index (χ0n) is 12.9. The van der Waals surface area contributed by atoms with E-state index in [2.05, 4.69) is 37.6 Å². The van der Waals surface area contributed by atoms with Gasteiger partial charge in [0, 0.05) is 5.41 Å². The zero-order chi connectivity index (χ0) is 19.3. The Bertz CT molecular complexity index is 283. The van der Waals surface area contributed by atoms with Crippen molar-refractivity contribution in [1.82, 2.24) is 0 Å². The summed E-state index contributed by atoms with van der Waals surface area (Å²) in [5, 5.41) is 25.4. The monoisotopic (exact) mass is 393 g/mol. The van der Waals surface area contributed by atoms with Gasteiger partial charge in [-0.25, -0.2) is 0 Å². The van der Waals surface area contributed by atoms with Gasteiger partial charge >= 0.3 is 58.5 Å². The third kappa shape index (κ3) is 26.7. The number of hydrogen-bond donors (Lipinski definition) is 6. The number of aliphatic hydroxyl groups excluding tert-OH is 3. The molecule has 0 heterocycles. The number of allylic oxidation sites excluding steroid dienone is 4. The largest absolute Gasteiger partial charge is 0.281 e. The maximum atomic E-state index is 8.47. The first-order chi connectivity index (χ1) is 10.8. The molecule has 0 bridgehead atoms. The molecule has 0 atom stereocenters. The zero-order valence-corrected chi connectivity index (χ0v) is 15.0. The molecule has 8 nitrogen and oxygen atoms in total. The maximum absolute atomic E-state index is 8.47. The molecule has 1 rings (SSSR count). The molecule has 6 N–H and O–H groups in total. The third-order valence-electron chi connectivity index (χ3n) is 2.11. The Morgan fingerprint density at radius 1 is 1.09 bits per heavy atom. The number of carbonyl (C=O) groups excluding carboxylic acids is 2. The molecule has 0 fully saturated rings. The summed E-state index contributed by atoms with van der Waals surface area (Å²) >= 11 is 0.984. The van der Waals surface area contributed by atoms with E-state index in [9.17, 15) is 0 Å². The van der Waals surface area contributed by atoms with E-state index in [-0.39, 0.29) is 19.8 Å². The van der Waals surface area contributed by atoms with E-state index in [0.717, 1.165) is 15.0 Å². The van der Waals surface area contributed by atoms with Crippen molar-refractivity contribution >= 4 is 22.2 Å². The van der Waals surface area contributed by atoms with Gasteiger partial charge in [-0.1, -0.05) is 6.92 Å². The van der Waals surface area contributed by atoms with Crippen LogP contribution in [0, 0.1) is 5.41 Å². The van der Waals surface area contributed by atoms with E-state index < -0.39 is 14.0 Å². The van der Waals surface area contributed by atoms with Crippen molar-refractivity contribution < 1.29 is 54.5 Å². The molecule has 0 spiro atoms. The fourth-order valence-corrected chi connectivity index (χ4v) is 1.40. The molecular weight excluding hydrogens is 370 g/mol. The normalized spacial score (nSPS) is 11.4. The van der Waals surface area contributed by atoms with E-state index in [0.29, 0.717) is 0 Å². The number of hydrogen-bond acceptors (Lipinski definition) is 8. The SMILES string of the molecule is CC(CO)(CO)CO.OP(O)O.[CH3][Mn][C]1=CC=CC1.[C]=O.[C]=O. The topological polar surface area (TPSA) is 156 Å². The van der Waals surface area contributed by atoms with Gasteiger partial charge < -0.3 is 30.0 Å². The smallest absolute Gasteiger partial charge is 0.281 e. The van der Waals surface area contributed by atoms with Gasteiger partial charge in [0.15, 0.2) is 0 Å². The number of rotatable bonds is 4. The predicted molar refractivity (Wildman–Crippen MR) is 82.0 cm³/mol. The van der Waals surface area contributed by atoms with Crippen molar-refractivity contribution in [3.8, 4) is 0 Å². The minimum absolute atomic E-state index is 0.181. The third-order valence-corrected chi connectivity index (χ3v) is 3.31. The molecule has 0 amide bonds. The molecule has 23 heavy (non-hydrogen) atoms. The fraction of sp³-hybridized carbons (Fsp3) is 0.538. The van der Waals surface area contributed by atoms with E-state index in [4.69, 9.17) is 39.6 Å². The second kappa shape index (κ2) is 23.8. The Hall–Kier alpha value is -0.471. The standard InChI is InChI=1S/C5H12O3.C5H5.2CO.CH3.Mn.H3O3P/c1-5(2-6,3-7)4-8;1-2-4-5-3-1;2*1-2;;;1-4(2)3/h6-8H,2-4H2,1H3;1-3H,4H2;;;1H3;;1-3H. The van der Waals surface area contributed by atoms with Gasteiger partial charge in [0.25, 0.3) is 13.6 Å². The van der Waals surface area contributed by atoms with E-state index >= 15 is 0 Å². The Morgan fingerprint density at radius 3 is 1.52 bits per heavy atom. The molecule has 0 saturated carbocycles. The summed E-state index contributed by atoms with van der Waals surface area (Å²) in [5.41, 5.74) is -0.708. The van der Waals surface area contributed by atoms with Crippen molar-refractivity contribution in [2.24, 2.45) is 5.41 Å². The molecule has 0 saturated heterocycles. The van der Waals surface area contributed by atoms with E-state index in [1.807, 2.05) is 0 Å². The molecule has 0 unspecified atom stereocenters. The molecule has 1 aliphatic carbocycles. The van der Waals surface area contributed by atoms with Gasteiger partial charge in [-0.3, -0.25) is 9.59 Å². The van der Waals surface area contributed by atoms with Crippen molar-refractivity contribution in [3.63, 3.8) is 0 Å². The first-order valence-electron chi connectivity index (χ1n) is 5.80. The van der Waals surface area contributed by atoms with Crippen LogP contribution in [0.4, 0.5) is 0 Å². The molecule has 4 radical (unpaired) electrons. The first kappa shape index (κ1) is 30.4. The number of aliphatic hydroxyl groups is 3. The molecule has 135 valence electrons.